The standard InChI is InChI=1S/C16H21N5O/c1-21(12-6-3-2-4-7-12)16-14(17)15(19-11-20-16)18-10-13-8-5-9-22-13/h2-4,6-7,11,13H,5,8-10,17H2,1H3,(H,18,19,20). The molecule has 2 aromatic rings. The Bertz CT molecular complexity index is 613. The highest BCUT2D eigenvalue weighted by molar-refractivity contribution is 5.78. The highest BCUT2D eigenvalue weighted by Crippen LogP contribution is 2.30. The van der Waals surface area contributed by atoms with Gasteiger partial charge >= 0.3 is 0 Å². The van der Waals surface area contributed by atoms with Gasteiger partial charge in [0.1, 0.15) is 12.0 Å². The number of aromatic nitrogens is 2. The number of rotatable bonds is 5. The molecule has 1 unspecified atom stereocenters. The van der Waals surface area contributed by atoms with Gasteiger partial charge in [-0.15, -0.1) is 0 Å². The minimum Gasteiger partial charge on any atom is -0.393 e. The number of nitrogens with zero attached hydrogens (tertiary/aromatic N) is 3. The lowest BCUT2D eigenvalue weighted by Crippen LogP contribution is -2.21. The molecule has 1 fully saturated rings. The molecular weight excluding hydrogens is 278 g/mol. The maximum absolute atomic E-state index is 6.24. The highest BCUT2D eigenvalue weighted by atomic mass is 16.5. The van der Waals surface area contributed by atoms with Gasteiger partial charge in [-0.2, -0.15) is 0 Å². The molecule has 0 radical (unpaired) electrons. The van der Waals surface area contributed by atoms with Gasteiger partial charge in [-0.25, -0.2) is 9.97 Å². The predicted molar refractivity (Wildman–Crippen MR) is 88.4 cm³/mol. The van der Waals surface area contributed by atoms with Crippen LogP contribution in [0.3, 0.4) is 0 Å². The second-order valence-corrected chi connectivity index (χ2v) is 5.37. The molecule has 3 N–H and O–H groups in total. The molecular formula is C16H21N5O. The molecule has 0 spiro atoms. The average Bonchev–Trinajstić information content (AvgIpc) is 3.07. The number of anilines is 4. The molecule has 1 aromatic carbocycles. The molecule has 116 valence electrons. The summed E-state index contributed by atoms with van der Waals surface area (Å²) in [7, 11) is 1.94. The normalized spacial score (nSPS) is 17.4. The molecule has 3 rings (SSSR count). The van der Waals surface area contributed by atoms with Gasteiger partial charge in [0, 0.05) is 25.9 Å². The Morgan fingerprint density at radius 3 is 2.86 bits per heavy atom. The summed E-state index contributed by atoms with van der Waals surface area (Å²) < 4.78 is 5.60. The summed E-state index contributed by atoms with van der Waals surface area (Å²) in [5.41, 5.74) is 7.81. The van der Waals surface area contributed by atoms with E-state index < -0.39 is 0 Å². The number of ether oxygens (including phenoxy) is 1. The van der Waals surface area contributed by atoms with Crippen molar-refractivity contribution in [3.63, 3.8) is 0 Å². The number of nitrogens with two attached hydrogens (primary N) is 1. The Morgan fingerprint density at radius 1 is 1.32 bits per heavy atom. The van der Waals surface area contributed by atoms with Crippen LogP contribution in [0.15, 0.2) is 36.7 Å². The van der Waals surface area contributed by atoms with E-state index >= 15 is 0 Å². The molecule has 2 heterocycles. The van der Waals surface area contributed by atoms with Crippen molar-refractivity contribution in [3.8, 4) is 0 Å². The lowest BCUT2D eigenvalue weighted by atomic mass is 10.2. The van der Waals surface area contributed by atoms with Crippen molar-refractivity contribution in [2.45, 2.75) is 18.9 Å². The van der Waals surface area contributed by atoms with Crippen LogP contribution in [0.4, 0.5) is 23.0 Å². The fraction of sp³-hybridized carbons (Fsp3) is 0.375. The monoisotopic (exact) mass is 299 g/mol. The molecule has 1 aliphatic rings. The third kappa shape index (κ3) is 3.12. The van der Waals surface area contributed by atoms with Crippen LogP contribution in [0.25, 0.3) is 0 Å². The van der Waals surface area contributed by atoms with E-state index in [0.29, 0.717) is 17.3 Å². The van der Waals surface area contributed by atoms with Crippen LogP contribution < -0.4 is 16.0 Å². The molecule has 0 saturated carbocycles. The Balaban J connectivity index is 1.76. The van der Waals surface area contributed by atoms with Gasteiger partial charge in [0.15, 0.2) is 11.6 Å². The van der Waals surface area contributed by atoms with E-state index in [9.17, 15) is 0 Å². The second kappa shape index (κ2) is 6.62. The number of para-hydroxylation sites is 1. The minimum absolute atomic E-state index is 0.240. The first-order chi connectivity index (χ1) is 10.8. The van der Waals surface area contributed by atoms with E-state index in [1.54, 1.807) is 0 Å². The van der Waals surface area contributed by atoms with Gasteiger partial charge in [-0.05, 0) is 25.0 Å². The van der Waals surface area contributed by atoms with Gasteiger partial charge in [0.2, 0.25) is 0 Å². The SMILES string of the molecule is CN(c1ccccc1)c1ncnc(NCC2CCCO2)c1N. The summed E-state index contributed by atoms with van der Waals surface area (Å²) in [6.45, 7) is 1.56. The summed E-state index contributed by atoms with van der Waals surface area (Å²) in [6, 6.07) is 9.98. The summed E-state index contributed by atoms with van der Waals surface area (Å²) in [6.07, 6.45) is 3.97. The van der Waals surface area contributed by atoms with E-state index in [0.717, 1.165) is 31.7 Å². The van der Waals surface area contributed by atoms with Gasteiger partial charge in [0.05, 0.1) is 6.10 Å². The van der Waals surface area contributed by atoms with Gasteiger partial charge in [-0.3, -0.25) is 0 Å². The molecule has 6 nitrogen and oxygen atoms in total. The molecule has 1 atom stereocenters. The summed E-state index contributed by atoms with van der Waals surface area (Å²) in [5, 5.41) is 3.27. The lowest BCUT2D eigenvalue weighted by molar-refractivity contribution is 0.120. The van der Waals surface area contributed by atoms with Gasteiger partial charge < -0.3 is 20.7 Å². The number of nitrogen functional groups attached to an aromatic ring is 1. The molecule has 6 heteroatoms. The zero-order chi connectivity index (χ0) is 15.4. The molecule has 0 bridgehead atoms. The Morgan fingerprint density at radius 2 is 2.14 bits per heavy atom. The van der Waals surface area contributed by atoms with Crippen LogP contribution in [-0.4, -0.2) is 36.3 Å². The smallest absolute Gasteiger partial charge is 0.161 e. The summed E-state index contributed by atoms with van der Waals surface area (Å²) in [4.78, 5) is 10.5. The van der Waals surface area contributed by atoms with Crippen LogP contribution in [0.2, 0.25) is 0 Å². The van der Waals surface area contributed by atoms with E-state index in [2.05, 4.69) is 15.3 Å². The Labute approximate surface area is 130 Å². The third-order valence-electron chi connectivity index (χ3n) is 3.85. The van der Waals surface area contributed by atoms with Crippen molar-refractivity contribution in [1.82, 2.24) is 9.97 Å². The maximum atomic E-state index is 6.24. The molecule has 0 aliphatic carbocycles. The lowest BCUT2D eigenvalue weighted by Gasteiger charge is -2.21. The topological polar surface area (TPSA) is 76.3 Å². The number of benzene rings is 1. The van der Waals surface area contributed by atoms with E-state index in [1.165, 1.54) is 6.33 Å². The largest absolute Gasteiger partial charge is 0.393 e. The van der Waals surface area contributed by atoms with Crippen molar-refractivity contribution >= 4 is 23.0 Å². The zero-order valence-corrected chi connectivity index (χ0v) is 12.7. The molecule has 22 heavy (non-hydrogen) atoms. The van der Waals surface area contributed by atoms with E-state index in [4.69, 9.17) is 10.5 Å². The average molecular weight is 299 g/mol. The van der Waals surface area contributed by atoms with Crippen LogP contribution in [0, 0.1) is 0 Å². The first-order valence-corrected chi connectivity index (χ1v) is 7.50. The van der Waals surface area contributed by atoms with Gasteiger partial charge in [0.25, 0.3) is 0 Å². The number of nitrogens with one attached hydrogen (secondary N) is 1. The first kappa shape index (κ1) is 14.6. The van der Waals surface area contributed by atoms with Crippen molar-refractivity contribution < 1.29 is 4.74 Å². The van der Waals surface area contributed by atoms with E-state index in [-0.39, 0.29) is 6.10 Å². The van der Waals surface area contributed by atoms with Crippen molar-refractivity contribution in [2.24, 2.45) is 0 Å². The minimum atomic E-state index is 0.240. The molecule has 1 aliphatic heterocycles. The van der Waals surface area contributed by atoms with Crippen LogP contribution in [0.1, 0.15) is 12.8 Å². The van der Waals surface area contributed by atoms with E-state index in [1.807, 2.05) is 42.3 Å². The summed E-state index contributed by atoms with van der Waals surface area (Å²) >= 11 is 0. The van der Waals surface area contributed by atoms with Gasteiger partial charge in [-0.1, -0.05) is 18.2 Å². The zero-order valence-electron chi connectivity index (χ0n) is 12.7. The second-order valence-electron chi connectivity index (χ2n) is 5.37. The van der Waals surface area contributed by atoms with Crippen LogP contribution in [-0.2, 0) is 4.74 Å². The number of hydrogen-bond acceptors (Lipinski definition) is 6. The van der Waals surface area contributed by atoms with Crippen molar-refractivity contribution in [2.75, 3.05) is 36.1 Å². The fourth-order valence-electron chi connectivity index (χ4n) is 2.58. The van der Waals surface area contributed by atoms with Crippen molar-refractivity contribution in [1.29, 1.82) is 0 Å². The third-order valence-corrected chi connectivity index (χ3v) is 3.85. The molecule has 1 saturated heterocycles. The maximum Gasteiger partial charge on any atom is 0.161 e. The Hall–Kier alpha value is -2.34. The Kier molecular flexibility index (Phi) is 4.39. The van der Waals surface area contributed by atoms with Crippen molar-refractivity contribution in [3.05, 3.63) is 36.7 Å². The van der Waals surface area contributed by atoms with Crippen LogP contribution >= 0.6 is 0 Å². The van der Waals surface area contributed by atoms with Crippen LogP contribution in [0.5, 0.6) is 0 Å². The molecule has 1 aromatic heterocycles. The fourth-order valence-corrected chi connectivity index (χ4v) is 2.58. The summed E-state index contributed by atoms with van der Waals surface area (Å²) in [5.74, 6) is 1.35. The quantitative estimate of drug-likeness (QED) is 0.883. The highest BCUT2D eigenvalue weighted by Gasteiger charge is 2.17. The number of hydrogen-bond donors (Lipinski definition) is 2. The first-order valence-electron chi connectivity index (χ1n) is 7.50. The molecule has 0 amide bonds. The predicted octanol–water partition coefficient (Wildman–Crippen LogP) is 2.42.